The van der Waals surface area contributed by atoms with E-state index in [4.69, 9.17) is 9.47 Å². The first-order chi connectivity index (χ1) is 7.74. The molecule has 0 atom stereocenters. The Morgan fingerprint density at radius 1 is 1.38 bits per heavy atom. The largest absolute Gasteiger partial charge is 0.454 e. The molecular formula is C10H9NO5. The fourth-order valence-corrected chi connectivity index (χ4v) is 1.26. The third-order valence-corrected chi connectivity index (χ3v) is 1.87. The summed E-state index contributed by atoms with van der Waals surface area (Å²) in [4.78, 5) is 20.5. The number of aldehydes is 1. The van der Waals surface area contributed by atoms with Crippen LogP contribution in [0.25, 0.3) is 0 Å². The normalized spacial score (nSPS) is 11.2. The highest BCUT2D eigenvalue weighted by molar-refractivity contribution is 5.87. The zero-order chi connectivity index (χ0) is 12.1. The van der Waals surface area contributed by atoms with Gasteiger partial charge in [-0.2, -0.15) is 0 Å². The summed E-state index contributed by atoms with van der Waals surface area (Å²) in [5.41, 5.74) is -0.353. The Kier molecular flexibility index (Phi) is 3.60. The molecule has 1 aliphatic heterocycles. The summed E-state index contributed by atoms with van der Waals surface area (Å²) in [6, 6.07) is 2.63. The summed E-state index contributed by atoms with van der Waals surface area (Å²) in [5.74, 6) is 0.506. The first-order valence-corrected chi connectivity index (χ1v) is 4.26. The minimum absolute atomic E-state index is 0.0165. The van der Waals surface area contributed by atoms with E-state index in [0.29, 0.717) is 12.0 Å². The summed E-state index contributed by atoms with van der Waals surface area (Å²) in [6.45, 7) is 5.98. The van der Waals surface area contributed by atoms with Gasteiger partial charge in [-0.3, -0.25) is 14.9 Å². The molecule has 0 N–H and O–H groups in total. The summed E-state index contributed by atoms with van der Waals surface area (Å²) in [6.07, 6.45) is 0.394. The predicted octanol–water partition coefficient (Wildman–Crippen LogP) is 1.94. The Morgan fingerprint density at radius 3 is 2.62 bits per heavy atom. The lowest BCUT2D eigenvalue weighted by molar-refractivity contribution is -0.385. The Labute approximate surface area is 91.2 Å². The molecule has 1 heterocycles. The predicted molar refractivity (Wildman–Crippen MR) is 55.9 cm³/mol. The van der Waals surface area contributed by atoms with E-state index < -0.39 is 4.92 Å². The molecule has 0 amide bonds. The Bertz CT molecular complexity index is 429. The number of carbonyl (C=O) groups excluding carboxylic acids is 1. The molecule has 0 spiro atoms. The minimum atomic E-state index is -0.633. The number of hydrogen-bond donors (Lipinski definition) is 0. The molecule has 6 heteroatoms. The maximum Gasteiger partial charge on any atom is 0.283 e. The first-order valence-electron chi connectivity index (χ1n) is 4.26. The molecule has 1 aromatic rings. The number of rotatable bonds is 2. The molecule has 1 aromatic carbocycles. The van der Waals surface area contributed by atoms with Crippen molar-refractivity contribution in [2.24, 2.45) is 0 Å². The van der Waals surface area contributed by atoms with Crippen molar-refractivity contribution in [1.29, 1.82) is 0 Å². The molecule has 0 aromatic heterocycles. The molecule has 84 valence electrons. The van der Waals surface area contributed by atoms with Crippen LogP contribution in [0.3, 0.4) is 0 Å². The number of benzene rings is 1. The number of fused-ring (bicyclic) bond motifs is 1. The lowest BCUT2D eigenvalue weighted by Gasteiger charge is -1.99. The van der Waals surface area contributed by atoms with Crippen LogP contribution < -0.4 is 9.47 Å². The van der Waals surface area contributed by atoms with Crippen LogP contribution in [0.15, 0.2) is 25.3 Å². The number of nitro groups is 1. The van der Waals surface area contributed by atoms with Crippen LogP contribution in [0.1, 0.15) is 10.4 Å². The zero-order valence-electron chi connectivity index (χ0n) is 8.34. The average molecular weight is 223 g/mol. The van der Waals surface area contributed by atoms with Crippen LogP contribution in [0.5, 0.6) is 11.5 Å². The summed E-state index contributed by atoms with van der Waals surface area (Å²) in [7, 11) is 0. The van der Waals surface area contributed by atoms with Gasteiger partial charge in [0, 0.05) is 6.07 Å². The van der Waals surface area contributed by atoms with Gasteiger partial charge >= 0.3 is 0 Å². The van der Waals surface area contributed by atoms with Crippen molar-refractivity contribution in [1.82, 2.24) is 0 Å². The second-order valence-electron chi connectivity index (χ2n) is 2.61. The van der Waals surface area contributed by atoms with Gasteiger partial charge in [-0.1, -0.05) is 0 Å². The van der Waals surface area contributed by atoms with E-state index >= 15 is 0 Å². The highest BCUT2D eigenvalue weighted by Gasteiger charge is 2.25. The highest BCUT2D eigenvalue weighted by Crippen LogP contribution is 2.39. The average Bonchev–Trinajstić information content (AvgIpc) is 2.78. The van der Waals surface area contributed by atoms with E-state index in [-0.39, 0.29) is 23.8 Å². The van der Waals surface area contributed by atoms with Gasteiger partial charge in [0.15, 0.2) is 17.8 Å². The SMILES string of the molecule is C=C.O=Cc1c([N+](=O)[O-])ccc2c1OCO2. The molecule has 0 radical (unpaired) electrons. The van der Waals surface area contributed by atoms with Crippen LogP contribution in [0.4, 0.5) is 5.69 Å². The quantitative estimate of drug-likeness (QED) is 0.331. The Hall–Kier alpha value is -2.37. The third-order valence-electron chi connectivity index (χ3n) is 1.87. The lowest BCUT2D eigenvalue weighted by Crippen LogP contribution is -1.97. The molecule has 0 saturated carbocycles. The van der Waals surface area contributed by atoms with Crippen molar-refractivity contribution in [3.05, 3.63) is 41.0 Å². The van der Waals surface area contributed by atoms with Crippen molar-refractivity contribution in [3.8, 4) is 11.5 Å². The maximum absolute atomic E-state index is 10.7. The number of nitrogens with zero attached hydrogens (tertiary/aromatic N) is 1. The molecule has 2 rings (SSSR count). The molecule has 6 nitrogen and oxygen atoms in total. The molecule has 0 fully saturated rings. The number of hydrogen-bond acceptors (Lipinski definition) is 5. The van der Waals surface area contributed by atoms with E-state index in [1.165, 1.54) is 12.1 Å². The van der Waals surface area contributed by atoms with E-state index in [2.05, 4.69) is 13.2 Å². The molecule has 0 saturated heterocycles. The van der Waals surface area contributed by atoms with Crippen molar-refractivity contribution >= 4 is 12.0 Å². The molecule has 16 heavy (non-hydrogen) atoms. The Morgan fingerprint density at radius 2 is 2.06 bits per heavy atom. The smallest absolute Gasteiger partial charge is 0.283 e. The first kappa shape index (κ1) is 11.7. The van der Waals surface area contributed by atoms with Crippen LogP contribution in [0.2, 0.25) is 0 Å². The number of carbonyl (C=O) groups is 1. The van der Waals surface area contributed by atoms with E-state index in [1.54, 1.807) is 0 Å². The summed E-state index contributed by atoms with van der Waals surface area (Å²) in [5, 5.41) is 10.5. The van der Waals surface area contributed by atoms with Crippen molar-refractivity contribution in [2.45, 2.75) is 0 Å². The molecule has 0 bridgehead atoms. The van der Waals surface area contributed by atoms with E-state index in [1.807, 2.05) is 0 Å². The van der Waals surface area contributed by atoms with Gasteiger partial charge in [-0.15, -0.1) is 13.2 Å². The minimum Gasteiger partial charge on any atom is -0.454 e. The third kappa shape index (κ3) is 1.85. The van der Waals surface area contributed by atoms with E-state index in [9.17, 15) is 14.9 Å². The van der Waals surface area contributed by atoms with Crippen LogP contribution >= 0.6 is 0 Å². The maximum atomic E-state index is 10.7. The highest BCUT2D eigenvalue weighted by atomic mass is 16.7. The van der Waals surface area contributed by atoms with Gasteiger partial charge in [0.05, 0.1) is 4.92 Å². The van der Waals surface area contributed by atoms with E-state index in [0.717, 1.165) is 0 Å². The van der Waals surface area contributed by atoms with Crippen LogP contribution in [0, 0.1) is 10.1 Å². The lowest BCUT2D eigenvalue weighted by atomic mass is 10.1. The van der Waals surface area contributed by atoms with Gasteiger partial charge < -0.3 is 9.47 Å². The number of nitro benzene ring substituents is 1. The fraction of sp³-hybridized carbons (Fsp3) is 0.100. The molecule has 0 aliphatic carbocycles. The topological polar surface area (TPSA) is 78.7 Å². The Balaban J connectivity index is 0.000000606. The van der Waals surface area contributed by atoms with Crippen LogP contribution in [-0.2, 0) is 0 Å². The summed E-state index contributed by atoms with van der Waals surface area (Å²) >= 11 is 0. The van der Waals surface area contributed by atoms with Gasteiger partial charge in [0.1, 0.15) is 5.56 Å². The molecule has 1 aliphatic rings. The van der Waals surface area contributed by atoms with Gasteiger partial charge in [-0.05, 0) is 6.07 Å². The monoisotopic (exact) mass is 223 g/mol. The van der Waals surface area contributed by atoms with Crippen molar-refractivity contribution in [2.75, 3.05) is 6.79 Å². The second-order valence-corrected chi connectivity index (χ2v) is 2.61. The number of ether oxygens (including phenoxy) is 2. The van der Waals surface area contributed by atoms with Gasteiger partial charge in [0.2, 0.25) is 6.79 Å². The zero-order valence-corrected chi connectivity index (χ0v) is 8.34. The van der Waals surface area contributed by atoms with Crippen LogP contribution in [-0.4, -0.2) is 18.0 Å². The van der Waals surface area contributed by atoms with Crippen molar-refractivity contribution < 1.29 is 19.2 Å². The molecular weight excluding hydrogens is 214 g/mol. The van der Waals surface area contributed by atoms with Gasteiger partial charge in [-0.25, -0.2) is 0 Å². The standard InChI is InChI=1S/C8H5NO5.C2H4/c10-3-5-6(9(11)12)1-2-7-8(5)14-4-13-7;1-2/h1-3H,4H2;1-2H2. The van der Waals surface area contributed by atoms with Gasteiger partial charge in [0.25, 0.3) is 5.69 Å². The molecule has 0 unspecified atom stereocenters. The summed E-state index contributed by atoms with van der Waals surface area (Å²) < 4.78 is 9.93. The fourth-order valence-electron chi connectivity index (χ4n) is 1.26. The second kappa shape index (κ2) is 4.92. The van der Waals surface area contributed by atoms with Crippen molar-refractivity contribution in [3.63, 3.8) is 0 Å².